The molecule has 16 heteroatoms. The fraction of sp³-hybridized carbons (Fsp3) is 0.0943. The zero-order valence-corrected chi connectivity index (χ0v) is 36.4. The lowest BCUT2D eigenvalue weighted by Gasteiger charge is -2.22. The van der Waals surface area contributed by atoms with E-state index in [2.05, 4.69) is 5.18 Å². The third-order valence-corrected chi connectivity index (χ3v) is 11.6. The van der Waals surface area contributed by atoms with Gasteiger partial charge in [-0.2, -0.15) is 0 Å². The van der Waals surface area contributed by atoms with Crippen molar-refractivity contribution in [1.29, 1.82) is 0 Å². The van der Waals surface area contributed by atoms with Gasteiger partial charge in [0.1, 0.15) is 42.8 Å². The van der Waals surface area contributed by atoms with E-state index < -0.39 is 68.7 Å². The van der Waals surface area contributed by atoms with Crippen molar-refractivity contribution in [3.63, 3.8) is 0 Å². The molecule has 0 heterocycles. The lowest BCUT2D eigenvalue weighted by Crippen LogP contribution is -2.22. The van der Waals surface area contributed by atoms with Crippen molar-refractivity contribution in [1.82, 2.24) is 0 Å². The molecule has 0 saturated heterocycles. The highest BCUT2D eigenvalue weighted by Gasteiger charge is 2.36. The van der Waals surface area contributed by atoms with Gasteiger partial charge in [-0.05, 0) is 65.0 Å². The van der Waals surface area contributed by atoms with Gasteiger partial charge in [-0.3, -0.25) is 28.8 Å². The molecular weight excluding hydrogens is 891 g/mol. The van der Waals surface area contributed by atoms with Gasteiger partial charge >= 0.3 is 0 Å². The molecule has 0 atom stereocenters. The third kappa shape index (κ3) is 8.49. The Balaban J connectivity index is 1.18. The quantitative estimate of drug-likeness (QED) is 0.0262. The highest BCUT2D eigenvalue weighted by molar-refractivity contribution is 6.30. The number of hydrogen-bond acceptors (Lipinski definition) is 16. The summed E-state index contributed by atoms with van der Waals surface area (Å²) in [6.07, 6.45) is 0.791. The number of fused-ring (bicyclic) bond motifs is 2. The molecule has 0 saturated carbocycles. The van der Waals surface area contributed by atoms with E-state index in [4.69, 9.17) is 14.2 Å². The normalized spacial score (nSPS) is 11.6. The van der Waals surface area contributed by atoms with Crippen LogP contribution >= 0.6 is 0 Å². The molecule has 0 aliphatic heterocycles. The van der Waals surface area contributed by atoms with Crippen LogP contribution in [-0.2, 0) is 19.8 Å². The SMILES string of the molecule is Cc1ccccc1C(=O)c1c(O)c(O)cc(OCc2cc(COc3cc(O)c(N=O)c(C)c3C(=O)c3ccccc3C=O)cc(COc3cc(O)c(O)c4c3C(=O)c3ccccc3C4=O)c2)c1C=O. The van der Waals surface area contributed by atoms with Gasteiger partial charge in [0.2, 0.25) is 0 Å². The first-order valence-electron chi connectivity index (χ1n) is 20.9. The van der Waals surface area contributed by atoms with Crippen LogP contribution < -0.4 is 14.2 Å². The first-order valence-corrected chi connectivity index (χ1v) is 20.9. The number of aldehydes is 2. The summed E-state index contributed by atoms with van der Waals surface area (Å²) >= 11 is 0. The van der Waals surface area contributed by atoms with Gasteiger partial charge in [-0.25, -0.2) is 0 Å². The van der Waals surface area contributed by atoms with Gasteiger partial charge in [0, 0.05) is 46.0 Å². The number of carbonyl (C=O) groups excluding carboxylic acids is 6. The van der Waals surface area contributed by atoms with E-state index in [9.17, 15) is 59.2 Å². The second-order valence-electron chi connectivity index (χ2n) is 15.9. The Labute approximate surface area is 391 Å². The maximum atomic E-state index is 14.1. The van der Waals surface area contributed by atoms with Crippen molar-refractivity contribution in [3.05, 3.63) is 198 Å². The number of ether oxygens (including phenoxy) is 3. The maximum absolute atomic E-state index is 14.1. The smallest absolute Gasteiger partial charge is 0.198 e. The Kier molecular flexibility index (Phi) is 12.6. The van der Waals surface area contributed by atoms with Crippen molar-refractivity contribution >= 4 is 41.4 Å². The number of aryl methyl sites for hydroxylation is 1. The van der Waals surface area contributed by atoms with Crippen molar-refractivity contribution in [2.75, 3.05) is 0 Å². The molecule has 0 unspecified atom stereocenters. The van der Waals surface area contributed by atoms with Crippen LogP contribution in [0.4, 0.5) is 5.69 Å². The third-order valence-electron chi connectivity index (χ3n) is 11.6. The number of hydrogen-bond donors (Lipinski definition) is 5. The molecule has 0 amide bonds. The Bertz CT molecular complexity index is 3350. The molecule has 0 aromatic heterocycles. The lowest BCUT2D eigenvalue weighted by molar-refractivity contribution is 0.0972. The predicted octanol–water partition coefficient (Wildman–Crippen LogP) is 8.83. The summed E-state index contributed by atoms with van der Waals surface area (Å²) in [5.41, 5.74) is -0.485. The average molecular weight is 928 g/mol. The summed E-state index contributed by atoms with van der Waals surface area (Å²) in [5.74, 6) is -7.32. The summed E-state index contributed by atoms with van der Waals surface area (Å²) < 4.78 is 18.3. The zero-order valence-electron chi connectivity index (χ0n) is 36.4. The summed E-state index contributed by atoms with van der Waals surface area (Å²) in [4.78, 5) is 91.6. The van der Waals surface area contributed by atoms with Crippen LogP contribution in [0.15, 0.2) is 114 Å². The van der Waals surface area contributed by atoms with E-state index in [1.807, 2.05) is 0 Å². The van der Waals surface area contributed by atoms with E-state index >= 15 is 0 Å². The molecule has 0 fully saturated rings. The molecule has 7 aromatic rings. The highest BCUT2D eigenvalue weighted by Crippen LogP contribution is 2.45. The van der Waals surface area contributed by atoms with E-state index in [0.29, 0.717) is 34.8 Å². The average Bonchev–Trinajstić information content (AvgIpc) is 3.35. The number of carbonyl (C=O) groups is 6. The molecule has 0 bridgehead atoms. The van der Waals surface area contributed by atoms with Crippen molar-refractivity contribution in [2.45, 2.75) is 33.7 Å². The van der Waals surface area contributed by atoms with E-state index in [0.717, 1.165) is 18.2 Å². The second-order valence-corrected chi connectivity index (χ2v) is 15.9. The summed E-state index contributed by atoms with van der Waals surface area (Å²) in [6.45, 7) is 1.91. The van der Waals surface area contributed by atoms with Crippen LogP contribution in [0.5, 0.6) is 46.0 Å². The van der Waals surface area contributed by atoms with Crippen LogP contribution in [0.3, 0.4) is 0 Å². The van der Waals surface area contributed by atoms with Crippen LogP contribution in [-0.4, -0.2) is 61.2 Å². The minimum absolute atomic E-state index is 0.0175. The van der Waals surface area contributed by atoms with Gasteiger partial charge in [0.25, 0.3) is 0 Å². The Morgan fingerprint density at radius 2 is 1.04 bits per heavy atom. The zero-order chi connectivity index (χ0) is 49.3. The summed E-state index contributed by atoms with van der Waals surface area (Å²) in [5, 5.41) is 56.8. The van der Waals surface area contributed by atoms with Gasteiger partial charge in [-0.1, -0.05) is 72.8 Å². The van der Waals surface area contributed by atoms with Crippen LogP contribution in [0.2, 0.25) is 0 Å². The number of phenolic OH excluding ortho intramolecular Hbond substituents is 5. The predicted molar refractivity (Wildman–Crippen MR) is 246 cm³/mol. The minimum Gasteiger partial charge on any atom is -0.505 e. The number of rotatable bonds is 16. The van der Waals surface area contributed by atoms with Crippen LogP contribution in [0.25, 0.3) is 0 Å². The number of ketones is 4. The number of nitroso groups, excluding NO2 is 1. The van der Waals surface area contributed by atoms with Crippen molar-refractivity contribution in [3.8, 4) is 46.0 Å². The maximum Gasteiger partial charge on any atom is 0.198 e. The molecule has 1 aliphatic carbocycles. The number of nitrogens with zero attached hydrogens (tertiary/aromatic N) is 1. The highest BCUT2D eigenvalue weighted by atomic mass is 16.5. The second kappa shape index (κ2) is 18.8. The van der Waals surface area contributed by atoms with E-state index in [1.165, 1.54) is 43.3 Å². The first kappa shape index (κ1) is 46.1. The topological polar surface area (TPSA) is 261 Å². The van der Waals surface area contributed by atoms with Crippen molar-refractivity contribution in [2.24, 2.45) is 5.18 Å². The molecule has 0 spiro atoms. The summed E-state index contributed by atoms with van der Waals surface area (Å²) in [7, 11) is 0. The largest absolute Gasteiger partial charge is 0.505 e. The molecule has 344 valence electrons. The number of benzene rings is 7. The van der Waals surface area contributed by atoms with E-state index in [-0.39, 0.29) is 87.1 Å². The Morgan fingerprint density at radius 3 is 1.64 bits per heavy atom. The molecule has 16 nitrogen and oxygen atoms in total. The molecule has 1 aliphatic rings. The van der Waals surface area contributed by atoms with Gasteiger partial charge in [0.05, 0.1) is 27.8 Å². The number of aromatic hydroxyl groups is 5. The van der Waals surface area contributed by atoms with Gasteiger partial charge < -0.3 is 39.7 Å². The molecule has 8 rings (SSSR count). The van der Waals surface area contributed by atoms with Gasteiger partial charge in [0.15, 0.2) is 64.4 Å². The van der Waals surface area contributed by atoms with Crippen LogP contribution in [0.1, 0.15) is 112 Å². The Morgan fingerprint density at radius 1 is 0.551 bits per heavy atom. The van der Waals surface area contributed by atoms with Crippen LogP contribution in [0, 0.1) is 18.8 Å². The monoisotopic (exact) mass is 927 g/mol. The molecule has 0 radical (unpaired) electrons. The fourth-order valence-electron chi connectivity index (χ4n) is 8.21. The fourth-order valence-corrected chi connectivity index (χ4v) is 8.21. The minimum atomic E-state index is -0.840. The number of phenols is 5. The molecular formula is C53H37NO15. The van der Waals surface area contributed by atoms with Crippen molar-refractivity contribution < 1.29 is 68.5 Å². The molecule has 7 aromatic carbocycles. The Hall–Kier alpha value is -9.44. The van der Waals surface area contributed by atoms with Gasteiger partial charge in [-0.15, -0.1) is 4.91 Å². The van der Waals surface area contributed by atoms with E-state index in [1.54, 1.807) is 61.5 Å². The summed E-state index contributed by atoms with van der Waals surface area (Å²) in [6, 6.07) is 26.1. The molecule has 69 heavy (non-hydrogen) atoms. The molecule has 5 N–H and O–H groups in total. The lowest BCUT2D eigenvalue weighted by atomic mass is 9.83. The standard InChI is InChI=1S/C53H37NO15/c1-26-9-3-5-11-32(26)48(60)44-36(22-56)40(19-38(58)52(44)64)67-23-28-15-29(24-68-41-18-37(57)47(54-66)27(2)43(41)49(61)33-12-6-4-10-31(33)21-55)17-30(16-28)25-69-42-20-39(59)53(65)46-45(42)50(62)34-13-7-8-14-35(34)51(46)63/h3-22,57-59,64-65H,23-25H2,1-2H3. The first-order chi connectivity index (χ1) is 33.2.